The van der Waals surface area contributed by atoms with Gasteiger partial charge in [-0.15, -0.1) is 5.10 Å². The fourth-order valence-electron chi connectivity index (χ4n) is 3.16. The van der Waals surface area contributed by atoms with Crippen LogP contribution < -0.4 is 0 Å². The Morgan fingerprint density at radius 1 is 1.65 bits per heavy atom. The third-order valence-electron chi connectivity index (χ3n) is 3.80. The second-order valence-corrected chi connectivity index (χ2v) is 6.12. The molecule has 1 aromatic heterocycles. The van der Waals surface area contributed by atoms with Crippen molar-refractivity contribution in [3.05, 3.63) is 11.1 Å². The number of nitrogens with zero attached hydrogens (tertiary/aromatic N) is 3. The molecule has 1 aromatic rings. The molecule has 2 saturated heterocycles. The van der Waals surface area contributed by atoms with E-state index in [1.54, 1.807) is 0 Å². The molecule has 0 radical (unpaired) electrons. The van der Waals surface area contributed by atoms with Crippen molar-refractivity contribution in [3.63, 3.8) is 0 Å². The van der Waals surface area contributed by atoms with Crippen molar-refractivity contribution in [2.75, 3.05) is 19.7 Å². The first kappa shape index (κ1) is 11.6. The highest BCUT2D eigenvalue weighted by molar-refractivity contribution is 7.03. The molecular formula is C12H19N3OS. The minimum absolute atomic E-state index is 0.140. The monoisotopic (exact) mass is 253 g/mol. The third kappa shape index (κ3) is 2.51. The molecule has 0 N–H and O–H groups in total. The number of ether oxygens (including phenoxy) is 1. The van der Waals surface area contributed by atoms with E-state index in [9.17, 15) is 0 Å². The smallest absolute Gasteiger partial charge is 0.0895 e. The van der Waals surface area contributed by atoms with Crippen molar-refractivity contribution in [2.45, 2.75) is 38.3 Å². The zero-order chi connectivity index (χ0) is 11.7. The summed E-state index contributed by atoms with van der Waals surface area (Å²) in [6, 6.07) is 0. The van der Waals surface area contributed by atoms with E-state index in [4.69, 9.17) is 4.74 Å². The maximum atomic E-state index is 6.07. The molecule has 17 heavy (non-hydrogen) atoms. The highest BCUT2D eigenvalue weighted by Crippen LogP contribution is 2.37. The predicted octanol–water partition coefficient (Wildman–Crippen LogP) is 1.93. The molecule has 94 valence electrons. The van der Waals surface area contributed by atoms with Crippen LogP contribution in [0.15, 0.2) is 5.38 Å². The predicted molar refractivity (Wildman–Crippen MR) is 66.9 cm³/mol. The molecular weight excluding hydrogens is 234 g/mol. The van der Waals surface area contributed by atoms with Crippen LogP contribution in [0.2, 0.25) is 0 Å². The fourth-order valence-corrected chi connectivity index (χ4v) is 3.61. The maximum Gasteiger partial charge on any atom is 0.0895 e. The normalized spacial score (nSPS) is 34.5. The summed E-state index contributed by atoms with van der Waals surface area (Å²) in [6.45, 7) is 6.38. The zero-order valence-corrected chi connectivity index (χ0v) is 11.1. The summed E-state index contributed by atoms with van der Waals surface area (Å²) < 4.78 is 9.99. The molecule has 2 aliphatic heterocycles. The van der Waals surface area contributed by atoms with E-state index in [2.05, 4.69) is 21.4 Å². The van der Waals surface area contributed by atoms with Gasteiger partial charge < -0.3 is 4.74 Å². The summed E-state index contributed by atoms with van der Waals surface area (Å²) in [7, 11) is 0. The molecule has 2 fully saturated rings. The van der Waals surface area contributed by atoms with E-state index in [0.29, 0.717) is 0 Å². The van der Waals surface area contributed by atoms with E-state index < -0.39 is 0 Å². The van der Waals surface area contributed by atoms with Gasteiger partial charge in [-0.2, -0.15) is 0 Å². The first-order valence-electron chi connectivity index (χ1n) is 6.38. The minimum Gasteiger partial charge on any atom is -0.373 e. The Labute approximate surface area is 106 Å². The van der Waals surface area contributed by atoms with Gasteiger partial charge in [-0.1, -0.05) is 11.4 Å². The van der Waals surface area contributed by atoms with Crippen LogP contribution in [0.5, 0.6) is 0 Å². The summed E-state index contributed by atoms with van der Waals surface area (Å²) in [5.74, 6) is 0.718. The summed E-state index contributed by atoms with van der Waals surface area (Å²) in [5.41, 5.74) is 1.24. The van der Waals surface area contributed by atoms with Gasteiger partial charge in [-0.05, 0) is 43.3 Å². The van der Waals surface area contributed by atoms with Gasteiger partial charge >= 0.3 is 0 Å². The number of aromatic nitrogens is 2. The van der Waals surface area contributed by atoms with E-state index in [-0.39, 0.29) is 5.60 Å². The number of rotatable bonds is 2. The standard InChI is InChI=1S/C12H19N3OS/c1-10-5-12(16-7-10)3-2-4-15(9-12)6-11-8-17-14-13-11/h8,10H,2-7,9H2,1H3/t10-,12+/m1/s1. The average molecular weight is 253 g/mol. The number of hydrogen-bond donors (Lipinski definition) is 0. The van der Waals surface area contributed by atoms with Gasteiger partial charge in [-0.25, -0.2) is 0 Å². The molecule has 4 nitrogen and oxygen atoms in total. The summed E-state index contributed by atoms with van der Waals surface area (Å²) in [5, 5.41) is 6.17. The van der Waals surface area contributed by atoms with Gasteiger partial charge in [0.1, 0.15) is 0 Å². The lowest BCUT2D eigenvalue weighted by Gasteiger charge is -2.39. The Morgan fingerprint density at radius 2 is 2.59 bits per heavy atom. The lowest BCUT2D eigenvalue weighted by atomic mass is 9.87. The van der Waals surface area contributed by atoms with Crippen molar-refractivity contribution >= 4 is 11.5 Å². The molecule has 3 heterocycles. The van der Waals surface area contributed by atoms with E-state index in [0.717, 1.165) is 37.9 Å². The van der Waals surface area contributed by atoms with Crippen molar-refractivity contribution in [2.24, 2.45) is 5.92 Å². The quantitative estimate of drug-likeness (QED) is 0.807. The van der Waals surface area contributed by atoms with Crippen molar-refractivity contribution < 1.29 is 4.74 Å². The maximum absolute atomic E-state index is 6.07. The molecule has 3 rings (SSSR count). The number of likely N-dealkylation sites (tertiary alicyclic amines) is 1. The zero-order valence-electron chi connectivity index (χ0n) is 10.3. The van der Waals surface area contributed by atoms with Crippen LogP contribution in [0.3, 0.4) is 0 Å². The van der Waals surface area contributed by atoms with Gasteiger partial charge in [0.2, 0.25) is 0 Å². The molecule has 0 aliphatic carbocycles. The Kier molecular flexibility index (Phi) is 3.15. The summed E-state index contributed by atoms with van der Waals surface area (Å²) in [4.78, 5) is 2.47. The number of hydrogen-bond acceptors (Lipinski definition) is 5. The second-order valence-electron chi connectivity index (χ2n) is 5.51. The van der Waals surface area contributed by atoms with Gasteiger partial charge in [0.05, 0.1) is 17.9 Å². The first-order valence-corrected chi connectivity index (χ1v) is 7.22. The lowest BCUT2D eigenvalue weighted by Crippen LogP contribution is -2.47. The minimum atomic E-state index is 0.140. The molecule has 0 unspecified atom stereocenters. The Bertz CT molecular complexity index is 366. The van der Waals surface area contributed by atoms with Gasteiger partial charge in [0, 0.05) is 18.5 Å². The third-order valence-corrected chi connectivity index (χ3v) is 4.36. The first-order chi connectivity index (χ1) is 8.26. The summed E-state index contributed by atoms with van der Waals surface area (Å²) >= 11 is 1.43. The molecule has 1 spiro atoms. The van der Waals surface area contributed by atoms with Crippen LogP contribution in [0, 0.1) is 5.92 Å². The van der Waals surface area contributed by atoms with E-state index in [1.807, 2.05) is 5.38 Å². The lowest BCUT2D eigenvalue weighted by molar-refractivity contribution is -0.0537. The molecule has 5 heteroatoms. The van der Waals surface area contributed by atoms with E-state index >= 15 is 0 Å². The Morgan fingerprint density at radius 3 is 3.29 bits per heavy atom. The Balaban J connectivity index is 1.64. The van der Waals surface area contributed by atoms with Crippen molar-refractivity contribution in [1.82, 2.24) is 14.5 Å². The van der Waals surface area contributed by atoms with Crippen molar-refractivity contribution in [1.29, 1.82) is 0 Å². The molecule has 0 bridgehead atoms. The van der Waals surface area contributed by atoms with Gasteiger partial charge in [0.15, 0.2) is 0 Å². The molecule has 2 atom stereocenters. The SMILES string of the molecule is C[C@H]1CO[C@@]2(CCCN(Cc3csnn3)C2)C1. The molecule has 0 aromatic carbocycles. The topological polar surface area (TPSA) is 38.2 Å². The van der Waals surface area contributed by atoms with E-state index in [1.165, 1.54) is 30.8 Å². The van der Waals surface area contributed by atoms with Crippen molar-refractivity contribution in [3.8, 4) is 0 Å². The van der Waals surface area contributed by atoms with Crippen LogP contribution in [0.4, 0.5) is 0 Å². The summed E-state index contributed by atoms with van der Waals surface area (Å²) in [6.07, 6.45) is 3.69. The molecule has 0 amide bonds. The van der Waals surface area contributed by atoms with Crippen LogP contribution >= 0.6 is 11.5 Å². The van der Waals surface area contributed by atoms with Crippen LogP contribution in [0.1, 0.15) is 31.9 Å². The van der Waals surface area contributed by atoms with Crippen LogP contribution in [-0.2, 0) is 11.3 Å². The van der Waals surface area contributed by atoms with Crippen LogP contribution in [-0.4, -0.2) is 39.8 Å². The number of piperidine rings is 1. The van der Waals surface area contributed by atoms with Gasteiger partial charge in [-0.3, -0.25) is 4.90 Å². The van der Waals surface area contributed by atoms with Crippen LogP contribution in [0.25, 0.3) is 0 Å². The largest absolute Gasteiger partial charge is 0.373 e. The Hall–Kier alpha value is -0.520. The molecule has 0 saturated carbocycles. The molecule has 2 aliphatic rings. The average Bonchev–Trinajstić information content (AvgIpc) is 2.90. The second kappa shape index (κ2) is 4.63. The highest BCUT2D eigenvalue weighted by Gasteiger charge is 2.41. The highest BCUT2D eigenvalue weighted by atomic mass is 32.1. The fraction of sp³-hybridized carbons (Fsp3) is 0.833. The van der Waals surface area contributed by atoms with Gasteiger partial charge in [0.25, 0.3) is 0 Å².